The molecule has 0 heterocycles. The summed E-state index contributed by atoms with van der Waals surface area (Å²) in [5.41, 5.74) is 5.09. The summed E-state index contributed by atoms with van der Waals surface area (Å²) in [7, 11) is 0. The van der Waals surface area contributed by atoms with Crippen molar-refractivity contribution in [2.45, 2.75) is 130 Å². The Morgan fingerprint density at radius 2 is 0.731 bits per heavy atom. The molecule has 0 aliphatic carbocycles. The molecule has 0 N–H and O–H groups in total. The summed E-state index contributed by atoms with van der Waals surface area (Å²) in [6, 6.07) is 18.9. The fourth-order valence-electron chi connectivity index (χ4n) is 6.01. The van der Waals surface area contributed by atoms with E-state index in [1.54, 1.807) is 0 Å². The lowest BCUT2D eigenvalue weighted by atomic mass is 10.0. The molecule has 0 radical (unpaired) electrons. The Morgan fingerprint density at radius 1 is 0.404 bits per heavy atom. The highest BCUT2D eigenvalue weighted by Crippen LogP contribution is 2.35. The third-order valence-corrected chi connectivity index (χ3v) is 9.22. The molecular formula is C48H68O4. The van der Waals surface area contributed by atoms with Crippen molar-refractivity contribution in [1.29, 1.82) is 0 Å². The van der Waals surface area contributed by atoms with Crippen molar-refractivity contribution in [3.63, 3.8) is 0 Å². The molecule has 0 fully saturated rings. The zero-order chi connectivity index (χ0) is 37.1. The van der Waals surface area contributed by atoms with Gasteiger partial charge in [0.05, 0.1) is 26.4 Å². The molecular weight excluding hydrogens is 641 g/mol. The summed E-state index contributed by atoms with van der Waals surface area (Å²) in [5.74, 6) is 3.41. The molecule has 0 aliphatic rings. The maximum Gasteiger partial charge on any atom is 0.127 e. The summed E-state index contributed by atoms with van der Waals surface area (Å²) in [4.78, 5) is 0. The molecule has 0 aliphatic heterocycles. The number of rotatable bonds is 29. The molecule has 0 amide bonds. The SMILES string of the molecule is C=Cc1cc(OCCCCCC)c(/C=C/c2cc(OCCCCCC)c(/C=C/c3ccccc3)cc2OCCCCCC)cc1OCCCCCC. The van der Waals surface area contributed by atoms with Crippen LogP contribution in [0.1, 0.15) is 158 Å². The van der Waals surface area contributed by atoms with Crippen molar-refractivity contribution in [1.82, 2.24) is 0 Å². The molecule has 0 aromatic heterocycles. The van der Waals surface area contributed by atoms with Gasteiger partial charge in [-0.1, -0.05) is 172 Å². The summed E-state index contributed by atoms with van der Waals surface area (Å²) in [5, 5.41) is 0. The van der Waals surface area contributed by atoms with Crippen LogP contribution in [0.25, 0.3) is 30.4 Å². The minimum absolute atomic E-state index is 0.677. The van der Waals surface area contributed by atoms with Crippen molar-refractivity contribution in [3.8, 4) is 23.0 Å². The second kappa shape index (κ2) is 26.8. The van der Waals surface area contributed by atoms with Crippen LogP contribution in [-0.2, 0) is 0 Å². The van der Waals surface area contributed by atoms with Crippen LogP contribution in [-0.4, -0.2) is 26.4 Å². The quantitative estimate of drug-likeness (QED) is 0.0531. The average molecular weight is 709 g/mol. The monoisotopic (exact) mass is 709 g/mol. The predicted octanol–water partition coefficient (Wildman–Crippen LogP) is 14.5. The van der Waals surface area contributed by atoms with Gasteiger partial charge in [-0.05, 0) is 55.5 Å². The van der Waals surface area contributed by atoms with Gasteiger partial charge in [0.15, 0.2) is 0 Å². The van der Waals surface area contributed by atoms with Gasteiger partial charge in [0.2, 0.25) is 0 Å². The standard InChI is InChI=1S/C48H68O4/c1-6-11-15-22-32-49-45-37-43(46(36-41(45)10-5)50-33-23-16-12-7-2)30-31-44-39-47(51-34-24-17-13-8-3)42(29-28-40-26-20-19-21-27-40)38-48(44)52-35-25-18-14-9-4/h10,19-21,26-31,36-39H,5-9,11-18,22-25,32-35H2,1-4H3/b29-28+,31-30+. The Kier molecular flexibility index (Phi) is 21.9. The molecule has 3 aromatic carbocycles. The van der Waals surface area contributed by atoms with E-state index in [0.717, 1.165) is 82.9 Å². The minimum atomic E-state index is 0.677. The van der Waals surface area contributed by atoms with E-state index in [1.165, 1.54) is 70.6 Å². The highest BCUT2D eigenvalue weighted by molar-refractivity contribution is 5.81. The number of benzene rings is 3. The molecule has 0 saturated heterocycles. The van der Waals surface area contributed by atoms with Gasteiger partial charge in [0, 0.05) is 22.3 Å². The maximum absolute atomic E-state index is 6.55. The van der Waals surface area contributed by atoms with Crippen LogP contribution in [0.5, 0.6) is 23.0 Å². The van der Waals surface area contributed by atoms with E-state index in [1.807, 2.05) is 12.1 Å². The van der Waals surface area contributed by atoms with Gasteiger partial charge >= 0.3 is 0 Å². The first-order valence-corrected chi connectivity index (χ1v) is 20.5. The smallest absolute Gasteiger partial charge is 0.127 e. The third kappa shape index (κ3) is 16.2. The van der Waals surface area contributed by atoms with E-state index >= 15 is 0 Å². The predicted molar refractivity (Wildman–Crippen MR) is 226 cm³/mol. The molecule has 284 valence electrons. The van der Waals surface area contributed by atoms with Gasteiger partial charge in [-0.2, -0.15) is 0 Å². The van der Waals surface area contributed by atoms with Gasteiger partial charge in [0.25, 0.3) is 0 Å². The second-order valence-corrected chi connectivity index (χ2v) is 13.8. The van der Waals surface area contributed by atoms with Crippen LogP contribution < -0.4 is 18.9 Å². The average Bonchev–Trinajstić information content (AvgIpc) is 3.17. The minimum Gasteiger partial charge on any atom is -0.493 e. The van der Waals surface area contributed by atoms with Crippen molar-refractivity contribution in [2.75, 3.05) is 26.4 Å². The fourth-order valence-corrected chi connectivity index (χ4v) is 6.01. The van der Waals surface area contributed by atoms with Gasteiger partial charge in [0.1, 0.15) is 23.0 Å². The Hall–Kier alpha value is -3.92. The van der Waals surface area contributed by atoms with Crippen LogP contribution in [0.4, 0.5) is 0 Å². The molecule has 4 heteroatoms. The lowest BCUT2D eigenvalue weighted by Crippen LogP contribution is -2.03. The molecule has 4 nitrogen and oxygen atoms in total. The number of ether oxygens (including phenoxy) is 4. The van der Waals surface area contributed by atoms with Gasteiger partial charge in [-0.3, -0.25) is 0 Å². The van der Waals surface area contributed by atoms with Crippen LogP contribution in [0.15, 0.2) is 61.2 Å². The van der Waals surface area contributed by atoms with Crippen LogP contribution in [0, 0.1) is 0 Å². The van der Waals surface area contributed by atoms with E-state index in [4.69, 9.17) is 18.9 Å². The number of unbranched alkanes of at least 4 members (excludes halogenated alkanes) is 12. The Bertz CT molecular complexity index is 1450. The lowest BCUT2D eigenvalue weighted by molar-refractivity contribution is 0.295. The first-order chi connectivity index (χ1) is 25.6. The maximum atomic E-state index is 6.55. The van der Waals surface area contributed by atoms with E-state index in [9.17, 15) is 0 Å². The largest absolute Gasteiger partial charge is 0.493 e. The lowest BCUT2D eigenvalue weighted by Gasteiger charge is -2.17. The first-order valence-electron chi connectivity index (χ1n) is 20.5. The molecule has 0 atom stereocenters. The Balaban J connectivity index is 2.03. The van der Waals surface area contributed by atoms with Crippen molar-refractivity contribution in [2.24, 2.45) is 0 Å². The molecule has 0 saturated carbocycles. The Morgan fingerprint density at radius 3 is 1.08 bits per heavy atom. The second-order valence-electron chi connectivity index (χ2n) is 13.8. The molecule has 3 rings (SSSR count). The van der Waals surface area contributed by atoms with E-state index < -0.39 is 0 Å². The van der Waals surface area contributed by atoms with Crippen molar-refractivity contribution in [3.05, 3.63) is 89.0 Å². The first kappa shape index (κ1) is 42.5. The summed E-state index contributed by atoms with van der Waals surface area (Å²) < 4.78 is 25.8. The van der Waals surface area contributed by atoms with Crippen molar-refractivity contribution < 1.29 is 18.9 Å². The van der Waals surface area contributed by atoms with Crippen molar-refractivity contribution >= 4 is 30.4 Å². The molecule has 0 unspecified atom stereocenters. The molecule has 0 bridgehead atoms. The normalized spacial score (nSPS) is 11.4. The summed E-state index contributed by atoms with van der Waals surface area (Å²) in [6.07, 6.45) is 29.0. The van der Waals surface area contributed by atoms with E-state index in [-0.39, 0.29) is 0 Å². The molecule has 0 spiro atoms. The summed E-state index contributed by atoms with van der Waals surface area (Å²) >= 11 is 0. The van der Waals surface area contributed by atoms with Gasteiger partial charge in [-0.25, -0.2) is 0 Å². The van der Waals surface area contributed by atoms with E-state index in [2.05, 4.69) is 107 Å². The Labute approximate surface area is 317 Å². The topological polar surface area (TPSA) is 36.9 Å². The van der Waals surface area contributed by atoms with Gasteiger partial charge in [-0.15, -0.1) is 0 Å². The number of hydrogen-bond acceptors (Lipinski definition) is 4. The van der Waals surface area contributed by atoms with Gasteiger partial charge < -0.3 is 18.9 Å². The highest BCUT2D eigenvalue weighted by atomic mass is 16.5. The van der Waals surface area contributed by atoms with E-state index in [0.29, 0.717) is 26.4 Å². The molecule has 3 aromatic rings. The number of hydrogen-bond donors (Lipinski definition) is 0. The zero-order valence-electron chi connectivity index (χ0n) is 33.1. The molecule has 52 heavy (non-hydrogen) atoms. The summed E-state index contributed by atoms with van der Waals surface area (Å²) in [6.45, 7) is 15.8. The van der Waals surface area contributed by atoms with Crippen LogP contribution >= 0.6 is 0 Å². The fraction of sp³-hybridized carbons (Fsp3) is 0.500. The van der Waals surface area contributed by atoms with Crippen LogP contribution in [0.2, 0.25) is 0 Å². The zero-order valence-corrected chi connectivity index (χ0v) is 33.1. The van der Waals surface area contributed by atoms with Crippen LogP contribution in [0.3, 0.4) is 0 Å². The third-order valence-electron chi connectivity index (χ3n) is 9.22. The highest BCUT2D eigenvalue weighted by Gasteiger charge is 2.13.